The first-order valence-corrected chi connectivity index (χ1v) is 15.2. The number of carbonyl (C=O) groups excluding carboxylic acids is 2. The van der Waals surface area contributed by atoms with Crippen LogP contribution in [0, 0.1) is 6.92 Å². The molecule has 3 rings (SSSR count). The van der Waals surface area contributed by atoms with Crippen molar-refractivity contribution in [2.45, 2.75) is 71.0 Å². The normalized spacial score (nSPS) is 15.0. The third-order valence-corrected chi connectivity index (χ3v) is 8.57. The molecule has 2 aromatic carbocycles. The van der Waals surface area contributed by atoms with E-state index in [0.717, 1.165) is 48.2 Å². The Bertz CT molecular complexity index is 1210. The van der Waals surface area contributed by atoms with E-state index in [0.29, 0.717) is 28.4 Å². The molecular formula is C28H38ClN3O5S. The third kappa shape index (κ3) is 7.63. The molecule has 0 aromatic heterocycles. The number of rotatable bonds is 11. The minimum Gasteiger partial charge on any atom is -0.497 e. The van der Waals surface area contributed by atoms with E-state index < -0.39 is 28.5 Å². The van der Waals surface area contributed by atoms with Crippen LogP contribution in [0.1, 0.15) is 56.6 Å². The number of anilines is 1. The Morgan fingerprint density at radius 3 is 2.34 bits per heavy atom. The van der Waals surface area contributed by atoms with Crippen molar-refractivity contribution >= 4 is 39.1 Å². The van der Waals surface area contributed by atoms with Crippen LogP contribution in [-0.2, 0) is 26.2 Å². The highest BCUT2D eigenvalue weighted by Gasteiger charge is 2.33. The Kier molecular flexibility index (Phi) is 10.4. The van der Waals surface area contributed by atoms with E-state index in [2.05, 4.69) is 5.32 Å². The van der Waals surface area contributed by atoms with Crippen LogP contribution in [0.2, 0.25) is 5.02 Å². The number of sulfonamides is 1. The number of carbonyl (C=O) groups is 2. The van der Waals surface area contributed by atoms with Crippen molar-refractivity contribution in [2.75, 3.05) is 24.2 Å². The molecule has 0 aliphatic heterocycles. The Morgan fingerprint density at radius 2 is 1.76 bits per heavy atom. The molecule has 0 spiro atoms. The molecule has 1 fully saturated rings. The van der Waals surface area contributed by atoms with Crippen LogP contribution in [0.5, 0.6) is 5.75 Å². The summed E-state index contributed by atoms with van der Waals surface area (Å²) in [6.45, 7) is 3.26. The zero-order chi connectivity index (χ0) is 27.9. The van der Waals surface area contributed by atoms with E-state index in [-0.39, 0.29) is 18.5 Å². The maximum atomic E-state index is 13.9. The van der Waals surface area contributed by atoms with Crippen molar-refractivity contribution in [3.8, 4) is 5.75 Å². The van der Waals surface area contributed by atoms with E-state index >= 15 is 0 Å². The van der Waals surface area contributed by atoms with Crippen molar-refractivity contribution in [2.24, 2.45) is 0 Å². The molecule has 10 heteroatoms. The highest BCUT2D eigenvalue weighted by molar-refractivity contribution is 7.92. The largest absolute Gasteiger partial charge is 0.497 e. The lowest BCUT2D eigenvalue weighted by Gasteiger charge is -2.34. The lowest BCUT2D eigenvalue weighted by molar-refractivity contribution is -0.140. The fourth-order valence-corrected chi connectivity index (χ4v) is 5.92. The van der Waals surface area contributed by atoms with E-state index in [1.54, 1.807) is 44.4 Å². The Morgan fingerprint density at radius 1 is 1.11 bits per heavy atom. The topological polar surface area (TPSA) is 96.0 Å². The molecule has 8 nitrogen and oxygen atoms in total. The predicted molar refractivity (Wildman–Crippen MR) is 151 cm³/mol. The van der Waals surface area contributed by atoms with Crippen molar-refractivity contribution in [3.63, 3.8) is 0 Å². The number of hydrogen-bond donors (Lipinski definition) is 1. The highest BCUT2D eigenvalue weighted by Crippen LogP contribution is 2.29. The molecule has 2 aromatic rings. The lowest BCUT2D eigenvalue weighted by Crippen LogP contribution is -2.54. The lowest BCUT2D eigenvalue weighted by atomic mass is 9.95. The molecule has 1 N–H and O–H groups in total. The molecule has 208 valence electrons. The molecular weight excluding hydrogens is 526 g/mol. The van der Waals surface area contributed by atoms with Gasteiger partial charge in [-0.2, -0.15) is 0 Å². The molecule has 0 unspecified atom stereocenters. The average molecular weight is 564 g/mol. The summed E-state index contributed by atoms with van der Waals surface area (Å²) >= 11 is 6.27. The monoisotopic (exact) mass is 563 g/mol. The summed E-state index contributed by atoms with van der Waals surface area (Å²) < 4.78 is 32.0. The number of halogens is 1. The number of methoxy groups -OCH3 is 1. The quantitative estimate of drug-likeness (QED) is 0.428. The number of ether oxygens (including phenoxy) is 1. The molecule has 2 amide bonds. The Balaban J connectivity index is 1.94. The number of nitrogens with one attached hydrogen (secondary N) is 1. The van der Waals surface area contributed by atoms with Crippen molar-refractivity contribution in [3.05, 3.63) is 58.6 Å². The number of benzene rings is 2. The van der Waals surface area contributed by atoms with E-state index in [4.69, 9.17) is 16.3 Å². The van der Waals surface area contributed by atoms with Crippen LogP contribution < -0.4 is 14.4 Å². The minimum atomic E-state index is -3.83. The van der Waals surface area contributed by atoms with Crippen molar-refractivity contribution in [1.29, 1.82) is 0 Å². The molecule has 1 aliphatic rings. The molecule has 0 heterocycles. The first-order chi connectivity index (χ1) is 18.0. The third-order valence-electron chi connectivity index (χ3n) is 7.04. The van der Waals surface area contributed by atoms with Crippen LogP contribution in [0.15, 0.2) is 42.5 Å². The Hall–Kier alpha value is -2.78. The van der Waals surface area contributed by atoms with Crippen LogP contribution in [-0.4, -0.2) is 57.1 Å². The van der Waals surface area contributed by atoms with Gasteiger partial charge in [-0.1, -0.05) is 56.0 Å². The molecule has 1 aliphatic carbocycles. The van der Waals surface area contributed by atoms with Gasteiger partial charge >= 0.3 is 0 Å². The van der Waals surface area contributed by atoms with Gasteiger partial charge in [-0.15, -0.1) is 0 Å². The second kappa shape index (κ2) is 13.3. The van der Waals surface area contributed by atoms with Gasteiger partial charge in [0, 0.05) is 17.6 Å². The van der Waals surface area contributed by atoms with Crippen LogP contribution >= 0.6 is 11.6 Å². The maximum absolute atomic E-state index is 13.9. The second-order valence-corrected chi connectivity index (χ2v) is 12.1. The average Bonchev–Trinajstić information content (AvgIpc) is 2.89. The van der Waals surface area contributed by atoms with Gasteiger partial charge in [-0.3, -0.25) is 13.9 Å². The summed E-state index contributed by atoms with van der Waals surface area (Å²) in [5.74, 6) is -0.0178. The van der Waals surface area contributed by atoms with Crippen LogP contribution in [0.25, 0.3) is 0 Å². The van der Waals surface area contributed by atoms with Gasteiger partial charge in [0.2, 0.25) is 21.8 Å². The maximum Gasteiger partial charge on any atom is 0.244 e. The standard InChI is InChI=1S/C28H38ClN3O5S/c1-5-25(28(34)30-22-10-7-6-8-11-22)31(18-21-14-16-23(37-3)17-15-21)27(33)19-32(38(4,35)36)26-13-9-12-24(29)20(26)2/h9,12-17,22,25H,5-8,10-11,18-19H2,1-4H3,(H,30,34)/t25-/m1/s1. The molecule has 0 bridgehead atoms. The predicted octanol–water partition coefficient (Wildman–Crippen LogP) is 4.68. The second-order valence-electron chi connectivity index (χ2n) is 9.79. The molecule has 1 atom stereocenters. The first kappa shape index (κ1) is 29.8. The summed E-state index contributed by atoms with van der Waals surface area (Å²) in [5, 5.41) is 3.54. The van der Waals surface area contributed by atoms with E-state index in [9.17, 15) is 18.0 Å². The van der Waals surface area contributed by atoms with Gasteiger partial charge in [-0.05, 0) is 61.6 Å². The van der Waals surface area contributed by atoms with Crippen molar-refractivity contribution in [1.82, 2.24) is 10.2 Å². The number of hydrogen-bond acceptors (Lipinski definition) is 5. The van der Waals surface area contributed by atoms with Gasteiger partial charge in [-0.25, -0.2) is 8.42 Å². The highest BCUT2D eigenvalue weighted by atomic mass is 35.5. The number of amides is 2. The fraction of sp³-hybridized carbons (Fsp3) is 0.500. The smallest absolute Gasteiger partial charge is 0.244 e. The van der Waals surface area contributed by atoms with Crippen LogP contribution in [0.4, 0.5) is 5.69 Å². The summed E-state index contributed by atoms with van der Waals surface area (Å²) in [5.41, 5.74) is 1.68. The van der Waals surface area contributed by atoms with Crippen LogP contribution in [0.3, 0.4) is 0 Å². The summed E-state index contributed by atoms with van der Waals surface area (Å²) in [6.07, 6.45) is 6.58. The van der Waals surface area contributed by atoms with Gasteiger partial charge < -0.3 is 15.0 Å². The fourth-order valence-electron chi connectivity index (χ4n) is 4.85. The zero-order valence-corrected chi connectivity index (χ0v) is 24.1. The first-order valence-electron chi connectivity index (χ1n) is 13.0. The minimum absolute atomic E-state index is 0.0878. The number of nitrogens with zero attached hydrogens (tertiary/aromatic N) is 2. The molecule has 38 heavy (non-hydrogen) atoms. The summed E-state index contributed by atoms with van der Waals surface area (Å²) in [4.78, 5) is 28.8. The van der Waals surface area contributed by atoms with E-state index in [1.165, 1.54) is 4.90 Å². The summed E-state index contributed by atoms with van der Waals surface area (Å²) in [6, 6.07) is 11.5. The van der Waals surface area contributed by atoms with Gasteiger partial charge in [0.1, 0.15) is 18.3 Å². The van der Waals surface area contributed by atoms with Gasteiger partial charge in [0.15, 0.2) is 0 Å². The van der Waals surface area contributed by atoms with Crippen molar-refractivity contribution < 1.29 is 22.7 Å². The SMILES string of the molecule is CC[C@H](C(=O)NC1CCCCC1)N(Cc1ccc(OC)cc1)C(=O)CN(c1cccc(Cl)c1C)S(C)(=O)=O. The van der Waals surface area contributed by atoms with Gasteiger partial charge in [0.25, 0.3) is 0 Å². The summed E-state index contributed by atoms with van der Waals surface area (Å²) in [7, 11) is -2.26. The van der Waals surface area contributed by atoms with E-state index in [1.807, 2.05) is 19.1 Å². The van der Waals surface area contributed by atoms with Gasteiger partial charge in [0.05, 0.1) is 19.1 Å². The molecule has 0 saturated heterocycles. The Labute approximate surface area is 231 Å². The zero-order valence-electron chi connectivity index (χ0n) is 22.6. The molecule has 0 radical (unpaired) electrons. The molecule has 1 saturated carbocycles.